The topological polar surface area (TPSA) is 52.9 Å². The van der Waals surface area contributed by atoms with Crippen molar-refractivity contribution in [2.75, 3.05) is 5.32 Å². The maximum atomic E-state index is 13.1. The van der Waals surface area contributed by atoms with Gasteiger partial charge in [0, 0.05) is 10.2 Å². The number of aryl methyl sites for hydroxylation is 2. The number of nitrogens with zero attached hydrogens (tertiary/aromatic N) is 1. The van der Waals surface area contributed by atoms with E-state index in [0.717, 1.165) is 43.1 Å². The maximum absolute atomic E-state index is 13.1. The van der Waals surface area contributed by atoms with E-state index in [0.29, 0.717) is 12.1 Å². The average Bonchev–Trinajstić information content (AvgIpc) is 2.82. The Balaban J connectivity index is 1.79. The van der Waals surface area contributed by atoms with Gasteiger partial charge in [-0.15, -0.1) is 0 Å². The van der Waals surface area contributed by atoms with Crippen molar-refractivity contribution in [1.29, 1.82) is 5.26 Å². The third-order valence-electron chi connectivity index (χ3n) is 5.69. The number of anilines is 1. The van der Waals surface area contributed by atoms with Crippen molar-refractivity contribution in [1.82, 2.24) is 0 Å². The summed E-state index contributed by atoms with van der Waals surface area (Å²) in [5, 5.41) is 14.9. The molecule has 0 saturated heterocycles. The molecule has 0 unspecified atom stereocenters. The lowest BCUT2D eigenvalue weighted by molar-refractivity contribution is -0.112. The molecule has 4 aromatic rings. The second kappa shape index (κ2) is 9.85. The molecule has 0 heterocycles. The maximum Gasteiger partial charge on any atom is 0.266 e. The fourth-order valence-corrected chi connectivity index (χ4v) is 4.29. The molecule has 4 heteroatoms. The van der Waals surface area contributed by atoms with Crippen LogP contribution >= 0.6 is 15.9 Å². The van der Waals surface area contributed by atoms with E-state index in [1.807, 2.05) is 74.5 Å². The van der Waals surface area contributed by atoms with Crippen molar-refractivity contribution in [2.24, 2.45) is 0 Å². The molecule has 0 bridgehead atoms. The van der Waals surface area contributed by atoms with Crippen LogP contribution in [-0.4, -0.2) is 5.91 Å². The van der Waals surface area contributed by atoms with E-state index < -0.39 is 5.91 Å². The third kappa shape index (κ3) is 5.05. The largest absolute Gasteiger partial charge is 0.321 e. The van der Waals surface area contributed by atoms with Crippen molar-refractivity contribution >= 4 is 44.4 Å². The van der Waals surface area contributed by atoms with Gasteiger partial charge in [-0.1, -0.05) is 82.7 Å². The number of halogens is 1. The van der Waals surface area contributed by atoms with E-state index >= 15 is 0 Å². The molecule has 162 valence electrons. The van der Waals surface area contributed by atoms with Crippen LogP contribution < -0.4 is 5.32 Å². The highest BCUT2D eigenvalue weighted by molar-refractivity contribution is 9.10. The summed E-state index contributed by atoms with van der Waals surface area (Å²) in [6.07, 6.45) is 2.39. The van der Waals surface area contributed by atoms with Crippen LogP contribution in [0.1, 0.15) is 27.8 Å². The highest BCUT2D eigenvalue weighted by atomic mass is 79.9. The number of carbonyl (C=O) groups excluding carboxylic acids is 1. The van der Waals surface area contributed by atoms with Crippen molar-refractivity contribution in [3.8, 4) is 6.07 Å². The number of nitrogens with one attached hydrogen (secondary N) is 1. The third-order valence-corrected chi connectivity index (χ3v) is 6.47. The molecule has 0 aliphatic carbocycles. The predicted molar refractivity (Wildman–Crippen MR) is 139 cm³/mol. The first-order chi connectivity index (χ1) is 16.0. The molecular weight excluding hydrogens is 472 g/mol. The summed E-state index contributed by atoms with van der Waals surface area (Å²) in [4.78, 5) is 13.1. The van der Waals surface area contributed by atoms with Gasteiger partial charge in [0.25, 0.3) is 5.91 Å². The van der Waals surface area contributed by atoms with E-state index in [2.05, 4.69) is 45.5 Å². The Morgan fingerprint density at radius 3 is 2.52 bits per heavy atom. The monoisotopic (exact) mass is 494 g/mol. The number of hydrogen-bond donors (Lipinski definition) is 1. The minimum absolute atomic E-state index is 0.0700. The Bertz CT molecular complexity index is 1430. The van der Waals surface area contributed by atoms with Crippen LogP contribution in [0, 0.1) is 25.2 Å². The smallest absolute Gasteiger partial charge is 0.266 e. The number of benzene rings is 4. The van der Waals surface area contributed by atoms with Gasteiger partial charge in [-0.25, -0.2) is 0 Å². The number of fused-ring (bicyclic) bond motifs is 1. The molecule has 0 radical (unpaired) electrons. The Morgan fingerprint density at radius 2 is 1.73 bits per heavy atom. The molecule has 0 atom stereocenters. The minimum atomic E-state index is -0.411. The predicted octanol–water partition coefficient (Wildman–Crippen LogP) is 7.36. The van der Waals surface area contributed by atoms with Gasteiger partial charge in [-0.3, -0.25) is 4.79 Å². The summed E-state index contributed by atoms with van der Waals surface area (Å²) >= 11 is 3.63. The van der Waals surface area contributed by atoms with Gasteiger partial charge < -0.3 is 5.32 Å². The van der Waals surface area contributed by atoms with Crippen LogP contribution in [-0.2, 0) is 11.2 Å². The fourth-order valence-electron chi connectivity index (χ4n) is 3.87. The highest BCUT2D eigenvalue weighted by Crippen LogP contribution is 2.29. The average molecular weight is 495 g/mol. The molecule has 0 spiro atoms. The minimum Gasteiger partial charge on any atom is -0.321 e. The summed E-state index contributed by atoms with van der Waals surface area (Å²) in [6, 6.07) is 28.3. The first-order valence-corrected chi connectivity index (χ1v) is 11.5. The van der Waals surface area contributed by atoms with Crippen molar-refractivity contribution in [3.05, 3.63) is 117 Å². The molecule has 1 amide bonds. The Labute approximate surface area is 202 Å². The molecule has 33 heavy (non-hydrogen) atoms. The van der Waals surface area contributed by atoms with Gasteiger partial charge in [0.05, 0.1) is 0 Å². The summed E-state index contributed by atoms with van der Waals surface area (Å²) in [6.45, 7) is 3.91. The van der Waals surface area contributed by atoms with Crippen LogP contribution in [0.4, 0.5) is 5.69 Å². The van der Waals surface area contributed by atoms with Crippen LogP contribution in [0.2, 0.25) is 0 Å². The molecule has 0 fully saturated rings. The SMILES string of the molecule is Cc1ccc(C)c(NC(=O)/C(C#N)=C/c2c(Cc3ccccc3Br)ccc3ccccc23)c1. The standard InChI is InChI=1S/C29H23BrN2O/c1-19-11-12-20(2)28(15-19)32-29(33)24(18-31)17-26-22(16-23-8-4-6-10-27(23)30)14-13-21-7-3-5-9-25(21)26/h3-15,17H,16H2,1-2H3,(H,32,33)/b24-17+. The van der Waals surface area contributed by atoms with Crippen LogP contribution in [0.15, 0.2) is 88.9 Å². The summed E-state index contributed by atoms with van der Waals surface area (Å²) in [5.74, 6) is -0.411. The molecule has 0 aliphatic rings. The molecular formula is C29H23BrN2O. The Hall–Kier alpha value is -3.68. The number of hydrogen-bond acceptors (Lipinski definition) is 2. The van der Waals surface area contributed by atoms with Crippen LogP contribution in [0.5, 0.6) is 0 Å². The van der Waals surface area contributed by atoms with E-state index in [4.69, 9.17) is 0 Å². The van der Waals surface area contributed by atoms with Gasteiger partial charge in [-0.05, 0) is 77.1 Å². The second-order valence-electron chi connectivity index (χ2n) is 8.07. The number of rotatable bonds is 5. The summed E-state index contributed by atoms with van der Waals surface area (Å²) < 4.78 is 1.03. The normalized spacial score (nSPS) is 11.3. The molecule has 1 N–H and O–H groups in total. The summed E-state index contributed by atoms with van der Waals surface area (Å²) in [5.41, 5.74) is 5.85. The highest BCUT2D eigenvalue weighted by Gasteiger charge is 2.15. The van der Waals surface area contributed by atoms with Gasteiger partial charge in [-0.2, -0.15) is 5.26 Å². The molecule has 4 rings (SSSR count). The van der Waals surface area contributed by atoms with Crippen molar-refractivity contribution in [2.45, 2.75) is 20.3 Å². The lowest BCUT2D eigenvalue weighted by Gasteiger charge is -2.13. The molecule has 0 aliphatic heterocycles. The Morgan fingerprint density at radius 1 is 0.970 bits per heavy atom. The van der Waals surface area contributed by atoms with Gasteiger partial charge >= 0.3 is 0 Å². The van der Waals surface area contributed by atoms with Crippen LogP contribution in [0.25, 0.3) is 16.8 Å². The molecule has 3 nitrogen and oxygen atoms in total. The molecule has 0 saturated carbocycles. The molecule has 4 aromatic carbocycles. The van der Waals surface area contributed by atoms with E-state index in [1.165, 1.54) is 0 Å². The zero-order valence-corrected chi connectivity index (χ0v) is 20.1. The second-order valence-corrected chi connectivity index (χ2v) is 8.92. The lowest BCUT2D eigenvalue weighted by atomic mass is 9.93. The van der Waals surface area contributed by atoms with Gasteiger partial charge in [0.2, 0.25) is 0 Å². The van der Waals surface area contributed by atoms with E-state index in [1.54, 1.807) is 6.08 Å². The zero-order valence-electron chi connectivity index (χ0n) is 18.5. The molecule has 0 aromatic heterocycles. The summed E-state index contributed by atoms with van der Waals surface area (Å²) in [7, 11) is 0. The van der Waals surface area contributed by atoms with Gasteiger partial charge in [0.1, 0.15) is 11.6 Å². The fraction of sp³-hybridized carbons (Fsp3) is 0.103. The lowest BCUT2D eigenvalue weighted by Crippen LogP contribution is -2.14. The van der Waals surface area contributed by atoms with E-state index in [9.17, 15) is 10.1 Å². The zero-order chi connectivity index (χ0) is 23.4. The van der Waals surface area contributed by atoms with E-state index in [-0.39, 0.29) is 5.57 Å². The quantitative estimate of drug-likeness (QED) is 0.232. The number of carbonyl (C=O) groups is 1. The van der Waals surface area contributed by atoms with Crippen molar-refractivity contribution < 1.29 is 4.79 Å². The van der Waals surface area contributed by atoms with Crippen molar-refractivity contribution in [3.63, 3.8) is 0 Å². The number of nitriles is 1. The Kier molecular flexibility index (Phi) is 6.72. The number of amides is 1. The van der Waals surface area contributed by atoms with Crippen LogP contribution in [0.3, 0.4) is 0 Å². The first-order valence-electron chi connectivity index (χ1n) is 10.7. The van der Waals surface area contributed by atoms with Gasteiger partial charge in [0.15, 0.2) is 0 Å². The first kappa shape index (κ1) is 22.5.